The number of ether oxygens (including phenoxy) is 1. The van der Waals surface area contributed by atoms with E-state index in [1.54, 1.807) is 13.8 Å². The van der Waals surface area contributed by atoms with Crippen LogP contribution in [0.1, 0.15) is 66.8 Å². The standard InChI is InChI=1S/C22H24N4O4S2/c1-4-30-22(29)16-10(3)14(18(24)27)21(31-16)26-19(28)17-15(23)12-8-11-7-9(2)5-6-13(11)25-20(12)32-17/h8-9H,4-7,23H2,1-3H3,(H2,24,27)(H,26,28). The molecule has 5 N–H and O–H groups in total. The molecular weight excluding hydrogens is 448 g/mol. The number of hydrogen-bond acceptors (Lipinski definition) is 8. The number of aryl methyl sites for hydroxylation is 1. The zero-order chi connectivity index (χ0) is 23.2. The predicted octanol–water partition coefficient (Wildman–Crippen LogP) is 3.90. The van der Waals surface area contributed by atoms with Crippen molar-refractivity contribution in [2.75, 3.05) is 17.7 Å². The number of amides is 2. The molecule has 4 rings (SSSR count). The first-order chi connectivity index (χ1) is 15.2. The highest BCUT2D eigenvalue weighted by molar-refractivity contribution is 7.21. The molecule has 32 heavy (non-hydrogen) atoms. The van der Waals surface area contributed by atoms with E-state index in [2.05, 4.69) is 12.2 Å². The number of anilines is 2. The summed E-state index contributed by atoms with van der Waals surface area (Å²) in [4.78, 5) is 43.4. The molecule has 1 unspecified atom stereocenters. The van der Waals surface area contributed by atoms with E-state index in [9.17, 15) is 14.4 Å². The lowest BCUT2D eigenvalue weighted by Gasteiger charge is -2.20. The minimum absolute atomic E-state index is 0.0914. The summed E-state index contributed by atoms with van der Waals surface area (Å²) in [5.41, 5.74) is 14.9. The second-order valence-electron chi connectivity index (χ2n) is 7.94. The summed E-state index contributed by atoms with van der Waals surface area (Å²) < 4.78 is 5.04. The molecule has 3 aromatic heterocycles. The van der Waals surface area contributed by atoms with Gasteiger partial charge in [-0.25, -0.2) is 9.78 Å². The van der Waals surface area contributed by atoms with Gasteiger partial charge < -0.3 is 21.5 Å². The van der Waals surface area contributed by atoms with Crippen LogP contribution in [-0.4, -0.2) is 29.4 Å². The van der Waals surface area contributed by atoms with Gasteiger partial charge in [0.05, 0.1) is 17.9 Å². The molecular formula is C22H24N4O4S2. The topological polar surface area (TPSA) is 137 Å². The smallest absolute Gasteiger partial charge is 0.348 e. The third kappa shape index (κ3) is 3.84. The molecule has 2 amide bonds. The number of pyridine rings is 1. The number of esters is 1. The maximum atomic E-state index is 13.1. The number of fused-ring (bicyclic) bond motifs is 2. The molecule has 0 radical (unpaired) electrons. The van der Waals surface area contributed by atoms with Crippen molar-refractivity contribution in [3.63, 3.8) is 0 Å². The van der Waals surface area contributed by atoms with Crippen LogP contribution < -0.4 is 16.8 Å². The quantitative estimate of drug-likeness (QED) is 0.482. The van der Waals surface area contributed by atoms with Gasteiger partial charge in [0.25, 0.3) is 11.8 Å². The SMILES string of the molecule is CCOC(=O)c1sc(NC(=O)c2sc3nc4c(cc3c2N)CC(C)CC4)c(C(N)=O)c1C. The van der Waals surface area contributed by atoms with E-state index in [1.807, 2.05) is 6.07 Å². The van der Waals surface area contributed by atoms with Crippen molar-refractivity contribution in [1.82, 2.24) is 4.98 Å². The molecule has 168 valence electrons. The van der Waals surface area contributed by atoms with Gasteiger partial charge in [0.15, 0.2) is 0 Å². The van der Waals surface area contributed by atoms with Crippen molar-refractivity contribution in [3.8, 4) is 0 Å². The Morgan fingerprint density at radius 3 is 2.72 bits per heavy atom. The third-order valence-corrected chi connectivity index (χ3v) is 7.92. The highest BCUT2D eigenvalue weighted by Crippen LogP contribution is 2.38. The number of thiophene rings is 2. The van der Waals surface area contributed by atoms with Gasteiger partial charge in [-0.1, -0.05) is 6.92 Å². The zero-order valence-corrected chi connectivity index (χ0v) is 19.7. The zero-order valence-electron chi connectivity index (χ0n) is 18.0. The summed E-state index contributed by atoms with van der Waals surface area (Å²) in [6.07, 6.45) is 2.96. The molecule has 0 fully saturated rings. The average molecular weight is 473 g/mol. The molecule has 0 aromatic carbocycles. The van der Waals surface area contributed by atoms with Crippen molar-refractivity contribution in [2.45, 2.75) is 40.0 Å². The second kappa shape index (κ2) is 8.51. The number of nitrogens with two attached hydrogens (primary N) is 2. The lowest BCUT2D eigenvalue weighted by molar-refractivity contribution is 0.0531. The summed E-state index contributed by atoms with van der Waals surface area (Å²) in [5, 5.41) is 3.68. The highest BCUT2D eigenvalue weighted by atomic mass is 32.1. The van der Waals surface area contributed by atoms with E-state index in [4.69, 9.17) is 21.2 Å². The predicted molar refractivity (Wildman–Crippen MR) is 127 cm³/mol. The Bertz CT molecular complexity index is 1260. The van der Waals surface area contributed by atoms with Crippen LogP contribution in [0.3, 0.4) is 0 Å². The van der Waals surface area contributed by atoms with Crippen LogP contribution in [0.2, 0.25) is 0 Å². The van der Waals surface area contributed by atoms with Crippen LogP contribution in [-0.2, 0) is 17.6 Å². The Morgan fingerprint density at radius 2 is 2.03 bits per heavy atom. The van der Waals surface area contributed by atoms with Crippen LogP contribution in [0.25, 0.3) is 10.2 Å². The molecule has 0 spiro atoms. The fraction of sp³-hybridized carbons (Fsp3) is 0.364. The summed E-state index contributed by atoms with van der Waals surface area (Å²) in [6.45, 7) is 5.70. The van der Waals surface area contributed by atoms with Gasteiger partial charge >= 0.3 is 5.97 Å². The van der Waals surface area contributed by atoms with Crippen LogP contribution in [0.15, 0.2) is 6.07 Å². The normalized spacial score (nSPS) is 15.4. The highest BCUT2D eigenvalue weighted by Gasteiger charge is 2.27. The number of nitrogens with zero attached hydrogens (tertiary/aromatic N) is 1. The summed E-state index contributed by atoms with van der Waals surface area (Å²) >= 11 is 2.17. The first-order valence-corrected chi connectivity index (χ1v) is 12.0. The maximum Gasteiger partial charge on any atom is 0.348 e. The van der Waals surface area contributed by atoms with E-state index in [1.165, 1.54) is 16.9 Å². The number of nitrogens with one attached hydrogen (secondary N) is 1. The largest absolute Gasteiger partial charge is 0.462 e. The Kier molecular flexibility index (Phi) is 5.91. The van der Waals surface area contributed by atoms with Crippen molar-refractivity contribution < 1.29 is 19.1 Å². The molecule has 8 nitrogen and oxygen atoms in total. The Balaban J connectivity index is 1.70. The fourth-order valence-electron chi connectivity index (χ4n) is 3.99. The summed E-state index contributed by atoms with van der Waals surface area (Å²) in [5.74, 6) is -1.19. The van der Waals surface area contributed by atoms with E-state index < -0.39 is 17.8 Å². The molecule has 0 saturated carbocycles. The minimum Gasteiger partial charge on any atom is -0.462 e. The van der Waals surface area contributed by atoms with Crippen LogP contribution in [0.5, 0.6) is 0 Å². The number of hydrogen-bond donors (Lipinski definition) is 3. The molecule has 1 aliphatic rings. The molecule has 10 heteroatoms. The summed E-state index contributed by atoms with van der Waals surface area (Å²) in [7, 11) is 0. The van der Waals surface area contributed by atoms with Gasteiger partial charge in [-0.2, -0.15) is 0 Å². The molecule has 0 aliphatic heterocycles. The van der Waals surface area contributed by atoms with Crippen molar-refractivity contribution in [3.05, 3.63) is 38.2 Å². The molecule has 1 atom stereocenters. The van der Waals surface area contributed by atoms with Gasteiger partial charge in [0, 0.05) is 11.1 Å². The average Bonchev–Trinajstić information content (AvgIpc) is 3.23. The number of rotatable bonds is 5. The van der Waals surface area contributed by atoms with Gasteiger partial charge in [-0.15, -0.1) is 22.7 Å². The van der Waals surface area contributed by atoms with Gasteiger partial charge in [-0.05, 0) is 56.2 Å². The van der Waals surface area contributed by atoms with Crippen LogP contribution >= 0.6 is 22.7 Å². The lowest BCUT2D eigenvalue weighted by atomic mass is 9.87. The molecule has 0 bridgehead atoms. The number of nitrogen functional groups attached to an aromatic ring is 1. The van der Waals surface area contributed by atoms with E-state index >= 15 is 0 Å². The first kappa shape index (κ1) is 22.2. The van der Waals surface area contributed by atoms with Crippen molar-refractivity contribution in [2.24, 2.45) is 11.7 Å². The van der Waals surface area contributed by atoms with Crippen LogP contribution in [0, 0.1) is 12.8 Å². The summed E-state index contributed by atoms with van der Waals surface area (Å²) in [6, 6.07) is 2.04. The van der Waals surface area contributed by atoms with E-state index in [0.29, 0.717) is 26.9 Å². The molecule has 3 aromatic rings. The van der Waals surface area contributed by atoms with E-state index in [-0.39, 0.29) is 22.0 Å². The molecule has 0 saturated heterocycles. The number of aromatic nitrogens is 1. The van der Waals surface area contributed by atoms with Gasteiger partial charge in [-0.3, -0.25) is 9.59 Å². The first-order valence-electron chi connectivity index (χ1n) is 10.3. The molecule has 1 aliphatic carbocycles. The van der Waals surface area contributed by atoms with Crippen LogP contribution in [0.4, 0.5) is 10.7 Å². The monoisotopic (exact) mass is 472 g/mol. The Labute approximate surface area is 193 Å². The van der Waals surface area contributed by atoms with Gasteiger partial charge in [0.2, 0.25) is 0 Å². The Hall–Kier alpha value is -2.98. The fourth-order valence-corrected chi connectivity index (χ4v) is 6.08. The second-order valence-corrected chi connectivity index (χ2v) is 9.96. The number of primary amides is 1. The lowest BCUT2D eigenvalue weighted by Crippen LogP contribution is -2.17. The van der Waals surface area contributed by atoms with Crippen molar-refractivity contribution in [1.29, 1.82) is 0 Å². The van der Waals surface area contributed by atoms with Gasteiger partial charge in [0.1, 0.15) is 19.6 Å². The number of carbonyl (C=O) groups excluding carboxylic acids is 3. The number of carbonyl (C=O) groups is 3. The third-order valence-electron chi connectivity index (χ3n) is 5.62. The Morgan fingerprint density at radius 1 is 1.28 bits per heavy atom. The minimum atomic E-state index is -0.739. The van der Waals surface area contributed by atoms with E-state index in [0.717, 1.165) is 41.7 Å². The maximum absolute atomic E-state index is 13.1. The molecule has 3 heterocycles. The van der Waals surface area contributed by atoms with Crippen molar-refractivity contribution >= 4 is 61.4 Å².